The Balaban J connectivity index is 1.81. The molecule has 0 radical (unpaired) electrons. The van der Waals surface area contributed by atoms with E-state index in [1.165, 1.54) is 6.07 Å². The highest BCUT2D eigenvalue weighted by Crippen LogP contribution is 2.21. The second-order valence-electron chi connectivity index (χ2n) is 4.65. The quantitative estimate of drug-likeness (QED) is 0.742. The van der Waals surface area contributed by atoms with Crippen molar-refractivity contribution in [1.29, 1.82) is 0 Å². The van der Waals surface area contributed by atoms with Gasteiger partial charge in [-0.3, -0.25) is 4.79 Å². The standard InChI is InChI=1S/C16H9F3N2O2/c17-11-6-10(7-12(18)15(11)19)20-16(22)13-8-14(23-21-13)9-4-2-1-3-5-9/h1-8H,(H,20,22). The van der Waals surface area contributed by atoms with Gasteiger partial charge >= 0.3 is 0 Å². The van der Waals surface area contributed by atoms with Crippen LogP contribution in [-0.4, -0.2) is 11.1 Å². The van der Waals surface area contributed by atoms with E-state index in [1.807, 2.05) is 6.07 Å². The third kappa shape index (κ3) is 3.08. The van der Waals surface area contributed by atoms with E-state index in [0.717, 1.165) is 5.56 Å². The van der Waals surface area contributed by atoms with Gasteiger partial charge in [-0.15, -0.1) is 0 Å². The zero-order valence-electron chi connectivity index (χ0n) is 11.5. The van der Waals surface area contributed by atoms with Crippen molar-refractivity contribution in [2.24, 2.45) is 0 Å². The monoisotopic (exact) mass is 318 g/mol. The largest absolute Gasteiger partial charge is 0.355 e. The number of nitrogens with one attached hydrogen (secondary N) is 1. The maximum atomic E-state index is 13.1. The van der Waals surface area contributed by atoms with Gasteiger partial charge in [0.15, 0.2) is 28.9 Å². The molecule has 2 aromatic carbocycles. The summed E-state index contributed by atoms with van der Waals surface area (Å²) in [5.41, 5.74) is 0.419. The Morgan fingerprint density at radius 2 is 1.65 bits per heavy atom. The summed E-state index contributed by atoms with van der Waals surface area (Å²) in [7, 11) is 0. The highest BCUT2D eigenvalue weighted by molar-refractivity contribution is 6.03. The Morgan fingerprint density at radius 3 is 2.30 bits per heavy atom. The second-order valence-corrected chi connectivity index (χ2v) is 4.65. The number of benzene rings is 2. The molecule has 0 saturated carbocycles. The predicted molar refractivity (Wildman–Crippen MR) is 76.2 cm³/mol. The molecule has 3 aromatic rings. The van der Waals surface area contributed by atoms with E-state index >= 15 is 0 Å². The average Bonchev–Trinajstić information content (AvgIpc) is 3.03. The molecular formula is C16H9F3N2O2. The van der Waals surface area contributed by atoms with E-state index in [-0.39, 0.29) is 11.4 Å². The van der Waals surface area contributed by atoms with Gasteiger partial charge in [0, 0.05) is 29.4 Å². The molecule has 0 aliphatic carbocycles. The van der Waals surface area contributed by atoms with E-state index in [0.29, 0.717) is 17.9 Å². The molecule has 0 spiro atoms. The van der Waals surface area contributed by atoms with Crippen LogP contribution in [0, 0.1) is 17.5 Å². The minimum Gasteiger partial charge on any atom is -0.355 e. The van der Waals surface area contributed by atoms with Crippen LogP contribution >= 0.6 is 0 Å². The van der Waals surface area contributed by atoms with Crippen molar-refractivity contribution in [2.75, 3.05) is 5.32 Å². The highest BCUT2D eigenvalue weighted by Gasteiger charge is 2.16. The van der Waals surface area contributed by atoms with Crippen LogP contribution in [-0.2, 0) is 0 Å². The zero-order chi connectivity index (χ0) is 16.4. The number of rotatable bonds is 3. The maximum absolute atomic E-state index is 13.1. The van der Waals surface area contributed by atoms with E-state index < -0.39 is 23.4 Å². The molecule has 1 aromatic heterocycles. The molecule has 0 bridgehead atoms. The Labute approximate surface area is 128 Å². The van der Waals surface area contributed by atoms with Crippen LogP contribution in [0.4, 0.5) is 18.9 Å². The summed E-state index contributed by atoms with van der Waals surface area (Å²) >= 11 is 0. The molecule has 0 fully saturated rings. The summed E-state index contributed by atoms with van der Waals surface area (Å²) in [6.45, 7) is 0. The topological polar surface area (TPSA) is 55.1 Å². The van der Waals surface area contributed by atoms with Crippen molar-refractivity contribution >= 4 is 11.6 Å². The van der Waals surface area contributed by atoms with Crippen molar-refractivity contribution < 1.29 is 22.5 Å². The molecule has 116 valence electrons. The minimum atomic E-state index is -1.60. The lowest BCUT2D eigenvalue weighted by atomic mass is 10.1. The van der Waals surface area contributed by atoms with Crippen LogP contribution in [0.3, 0.4) is 0 Å². The zero-order valence-corrected chi connectivity index (χ0v) is 11.5. The van der Waals surface area contributed by atoms with E-state index in [2.05, 4.69) is 10.5 Å². The Morgan fingerprint density at radius 1 is 1.00 bits per heavy atom. The lowest BCUT2D eigenvalue weighted by molar-refractivity contribution is 0.101. The van der Waals surface area contributed by atoms with Crippen LogP contribution < -0.4 is 5.32 Å². The number of halogens is 3. The summed E-state index contributed by atoms with van der Waals surface area (Å²) in [6.07, 6.45) is 0. The molecule has 1 heterocycles. The lowest BCUT2D eigenvalue weighted by Gasteiger charge is -2.04. The predicted octanol–water partition coefficient (Wildman–Crippen LogP) is 4.01. The number of anilines is 1. The molecule has 1 N–H and O–H groups in total. The van der Waals surface area contributed by atoms with Gasteiger partial charge in [-0.2, -0.15) is 0 Å². The van der Waals surface area contributed by atoms with Gasteiger partial charge in [-0.1, -0.05) is 35.5 Å². The number of aromatic nitrogens is 1. The van der Waals surface area contributed by atoms with Gasteiger partial charge in [0.25, 0.3) is 5.91 Å². The molecule has 1 amide bonds. The first-order chi connectivity index (χ1) is 11.0. The molecule has 0 saturated heterocycles. The van der Waals surface area contributed by atoms with Gasteiger partial charge in [-0.25, -0.2) is 13.2 Å². The summed E-state index contributed by atoms with van der Waals surface area (Å²) < 4.78 is 44.2. The highest BCUT2D eigenvalue weighted by atomic mass is 19.2. The molecule has 0 aliphatic rings. The molecule has 3 rings (SSSR count). The fraction of sp³-hybridized carbons (Fsp3) is 0. The molecule has 0 atom stereocenters. The normalized spacial score (nSPS) is 10.6. The van der Waals surface area contributed by atoms with E-state index in [4.69, 9.17) is 4.52 Å². The van der Waals surface area contributed by atoms with Crippen LogP contribution in [0.1, 0.15) is 10.5 Å². The molecule has 0 aliphatic heterocycles. The molecular weight excluding hydrogens is 309 g/mol. The fourth-order valence-corrected chi connectivity index (χ4v) is 1.94. The molecule has 0 unspecified atom stereocenters. The summed E-state index contributed by atoms with van der Waals surface area (Å²) in [6, 6.07) is 11.7. The van der Waals surface area contributed by atoms with Crippen molar-refractivity contribution in [3.63, 3.8) is 0 Å². The summed E-state index contributed by atoms with van der Waals surface area (Å²) in [4.78, 5) is 12.0. The van der Waals surface area contributed by atoms with Crippen molar-refractivity contribution in [3.05, 3.63) is 71.7 Å². The molecule has 23 heavy (non-hydrogen) atoms. The number of carbonyl (C=O) groups excluding carboxylic acids is 1. The maximum Gasteiger partial charge on any atom is 0.277 e. The Hall–Kier alpha value is -3.09. The third-order valence-electron chi connectivity index (χ3n) is 3.04. The van der Waals surface area contributed by atoms with Gasteiger partial charge in [0.05, 0.1) is 0 Å². The molecule has 7 heteroatoms. The average molecular weight is 318 g/mol. The van der Waals surface area contributed by atoms with Crippen LogP contribution in [0.15, 0.2) is 53.1 Å². The fourth-order valence-electron chi connectivity index (χ4n) is 1.94. The summed E-state index contributed by atoms with van der Waals surface area (Å²) in [5, 5.41) is 5.83. The van der Waals surface area contributed by atoms with Crippen molar-refractivity contribution in [1.82, 2.24) is 5.16 Å². The minimum absolute atomic E-state index is 0.0750. The van der Waals surface area contributed by atoms with Crippen LogP contribution in [0.5, 0.6) is 0 Å². The second kappa shape index (κ2) is 5.96. The van der Waals surface area contributed by atoms with Gasteiger partial charge < -0.3 is 9.84 Å². The van der Waals surface area contributed by atoms with Gasteiger partial charge in [0.2, 0.25) is 0 Å². The number of carbonyl (C=O) groups is 1. The number of amides is 1. The first-order valence-corrected chi connectivity index (χ1v) is 6.52. The van der Waals surface area contributed by atoms with Gasteiger partial charge in [-0.05, 0) is 0 Å². The number of hydrogen-bond donors (Lipinski definition) is 1. The number of hydrogen-bond acceptors (Lipinski definition) is 3. The smallest absolute Gasteiger partial charge is 0.277 e. The first-order valence-electron chi connectivity index (χ1n) is 6.52. The first kappa shape index (κ1) is 14.8. The lowest BCUT2D eigenvalue weighted by Crippen LogP contribution is -2.13. The van der Waals surface area contributed by atoms with Crippen LogP contribution in [0.25, 0.3) is 11.3 Å². The van der Waals surface area contributed by atoms with Crippen molar-refractivity contribution in [2.45, 2.75) is 0 Å². The Bertz CT molecular complexity index is 840. The Kier molecular flexibility index (Phi) is 3.84. The van der Waals surface area contributed by atoms with E-state index in [9.17, 15) is 18.0 Å². The number of nitrogens with zero attached hydrogens (tertiary/aromatic N) is 1. The molecule has 4 nitrogen and oxygen atoms in total. The van der Waals surface area contributed by atoms with Crippen molar-refractivity contribution in [3.8, 4) is 11.3 Å². The van der Waals surface area contributed by atoms with E-state index in [1.54, 1.807) is 24.3 Å². The third-order valence-corrected chi connectivity index (χ3v) is 3.04. The van der Waals surface area contributed by atoms with Gasteiger partial charge in [0.1, 0.15) is 0 Å². The SMILES string of the molecule is O=C(Nc1cc(F)c(F)c(F)c1)c1cc(-c2ccccc2)on1. The summed E-state index contributed by atoms with van der Waals surface area (Å²) in [5.74, 6) is -4.76. The van der Waals surface area contributed by atoms with Crippen LogP contribution in [0.2, 0.25) is 0 Å².